The van der Waals surface area contributed by atoms with Crippen molar-refractivity contribution in [3.63, 3.8) is 0 Å². The van der Waals surface area contributed by atoms with Crippen LogP contribution in [0.5, 0.6) is 0 Å². The molecule has 0 atom stereocenters. The van der Waals surface area contributed by atoms with Crippen molar-refractivity contribution in [2.24, 2.45) is 0 Å². The van der Waals surface area contributed by atoms with Crippen LogP contribution in [-0.4, -0.2) is 19.0 Å². The lowest BCUT2D eigenvalue weighted by Gasteiger charge is -2.24. The number of benzene rings is 1. The molecule has 1 nitrogen and oxygen atoms in total. The molecule has 0 aliphatic carbocycles. The van der Waals surface area contributed by atoms with Gasteiger partial charge in [-0.1, -0.05) is 53.7 Å². The molecule has 108 valence electrons. The minimum atomic E-state index is 0.589. The van der Waals surface area contributed by atoms with Gasteiger partial charge in [0.1, 0.15) is 0 Å². The maximum absolute atomic E-state index is 2.43. The Hall–Kier alpha value is -0.820. The summed E-state index contributed by atoms with van der Waals surface area (Å²) in [6.07, 6.45) is 0. The minimum Gasteiger partial charge on any atom is -0.305 e. The third-order valence-corrected chi connectivity index (χ3v) is 3.73. The highest BCUT2D eigenvalue weighted by Crippen LogP contribution is 2.32. The first-order valence-corrected chi connectivity index (χ1v) is 7.55. The normalized spacial score (nSPS) is 12.2. The molecule has 1 rings (SSSR count). The molecule has 0 fully saturated rings. The van der Waals surface area contributed by atoms with Crippen LogP contribution in [0.1, 0.15) is 81.5 Å². The molecule has 19 heavy (non-hydrogen) atoms. The summed E-state index contributed by atoms with van der Waals surface area (Å²) in [5.74, 6) is 1.78. The Labute approximate surface area is 120 Å². The van der Waals surface area contributed by atoms with Gasteiger partial charge in [0.2, 0.25) is 0 Å². The standard InChI is InChI=1S/C18H31N/c1-12(2)15-9-16(13(3)4)18(11-19(7)8)17(10-15)14(5)6/h9-10,12-14H,11H2,1-8H3. The highest BCUT2D eigenvalue weighted by atomic mass is 15.0. The van der Waals surface area contributed by atoms with Gasteiger partial charge in [-0.05, 0) is 54.1 Å². The lowest BCUT2D eigenvalue weighted by molar-refractivity contribution is 0.397. The molecule has 0 saturated heterocycles. The third-order valence-electron chi connectivity index (χ3n) is 3.73. The second kappa shape index (κ2) is 6.56. The maximum atomic E-state index is 2.43. The smallest absolute Gasteiger partial charge is 0.0233 e. The van der Waals surface area contributed by atoms with E-state index in [4.69, 9.17) is 0 Å². The van der Waals surface area contributed by atoms with E-state index in [-0.39, 0.29) is 0 Å². The number of hydrogen-bond acceptors (Lipinski definition) is 1. The molecule has 0 radical (unpaired) electrons. The molecule has 0 spiro atoms. The highest BCUT2D eigenvalue weighted by molar-refractivity contribution is 5.43. The van der Waals surface area contributed by atoms with Crippen molar-refractivity contribution < 1.29 is 0 Å². The van der Waals surface area contributed by atoms with Crippen molar-refractivity contribution in [3.8, 4) is 0 Å². The van der Waals surface area contributed by atoms with E-state index in [1.165, 1.54) is 16.7 Å². The van der Waals surface area contributed by atoms with Crippen molar-refractivity contribution in [1.82, 2.24) is 4.90 Å². The van der Waals surface area contributed by atoms with Crippen LogP contribution in [0.2, 0.25) is 0 Å². The van der Waals surface area contributed by atoms with E-state index >= 15 is 0 Å². The van der Waals surface area contributed by atoms with E-state index < -0.39 is 0 Å². The molecule has 0 bridgehead atoms. The first-order valence-electron chi connectivity index (χ1n) is 7.55. The predicted molar refractivity (Wildman–Crippen MR) is 86.1 cm³/mol. The molecule has 0 amide bonds. The van der Waals surface area contributed by atoms with Gasteiger partial charge in [0.15, 0.2) is 0 Å². The van der Waals surface area contributed by atoms with Gasteiger partial charge in [-0.25, -0.2) is 0 Å². The van der Waals surface area contributed by atoms with Crippen LogP contribution in [0.25, 0.3) is 0 Å². The SMILES string of the molecule is CC(C)c1cc(C(C)C)c(CN(C)C)c(C(C)C)c1. The summed E-state index contributed by atoms with van der Waals surface area (Å²) >= 11 is 0. The van der Waals surface area contributed by atoms with Crippen LogP contribution in [0.4, 0.5) is 0 Å². The Morgan fingerprint density at radius 2 is 1.21 bits per heavy atom. The Morgan fingerprint density at radius 1 is 0.789 bits per heavy atom. The fourth-order valence-electron chi connectivity index (χ4n) is 2.60. The molecule has 0 aliphatic heterocycles. The first kappa shape index (κ1) is 16.2. The van der Waals surface area contributed by atoms with Crippen molar-refractivity contribution in [2.75, 3.05) is 14.1 Å². The molecule has 0 N–H and O–H groups in total. The quantitative estimate of drug-likeness (QED) is 0.711. The zero-order valence-electron chi connectivity index (χ0n) is 14.0. The summed E-state index contributed by atoms with van der Waals surface area (Å²) in [5.41, 5.74) is 6.08. The molecule has 0 saturated carbocycles. The van der Waals surface area contributed by atoms with E-state index in [0.717, 1.165) is 6.54 Å². The van der Waals surface area contributed by atoms with Gasteiger partial charge in [0.25, 0.3) is 0 Å². The molecule has 1 aromatic rings. The van der Waals surface area contributed by atoms with Crippen LogP contribution in [0, 0.1) is 0 Å². The highest BCUT2D eigenvalue weighted by Gasteiger charge is 2.17. The van der Waals surface area contributed by atoms with Gasteiger partial charge >= 0.3 is 0 Å². The van der Waals surface area contributed by atoms with E-state index in [1.807, 2.05) is 0 Å². The maximum Gasteiger partial charge on any atom is 0.0233 e. The van der Waals surface area contributed by atoms with Gasteiger partial charge in [-0.15, -0.1) is 0 Å². The van der Waals surface area contributed by atoms with Gasteiger partial charge in [0.05, 0.1) is 0 Å². The van der Waals surface area contributed by atoms with Crippen molar-refractivity contribution in [1.29, 1.82) is 0 Å². The molecule has 1 heteroatoms. The van der Waals surface area contributed by atoms with Crippen molar-refractivity contribution >= 4 is 0 Å². The van der Waals surface area contributed by atoms with Crippen molar-refractivity contribution in [2.45, 2.75) is 65.8 Å². The van der Waals surface area contributed by atoms with Crippen LogP contribution in [0.3, 0.4) is 0 Å². The Morgan fingerprint density at radius 3 is 1.47 bits per heavy atom. The second-order valence-electron chi connectivity index (χ2n) is 6.88. The summed E-state index contributed by atoms with van der Waals surface area (Å²) in [6, 6.07) is 4.86. The van der Waals surface area contributed by atoms with Gasteiger partial charge in [-0.3, -0.25) is 0 Å². The molecule has 0 heterocycles. The van der Waals surface area contributed by atoms with E-state index in [0.29, 0.717) is 17.8 Å². The number of nitrogens with zero attached hydrogens (tertiary/aromatic N) is 1. The largest absolute Gasteiger partial charge is 0.305 e. The molecule has 1 aromatic carbocycles. The lowest BCUT2D eigenvalue weighted by Crippen LogP contribution is -2.16. The summed E-state index contributed by atoms with van der Waals surface area (Å²) in [5, 5.41) is 0. The van der Waals surface area contributed by atoms with Crippen LogP contribution >= 0.6 is 0 Å². The summed E-state index contributed by atoms with van der Waals surface area (Å²) in [4.78, 5) is 2.28. The fraction of sp³-hybridized carbons (Fsp3) is 0.667. The van der Waals surface area contributed by atoms with Crippen LogP contribution < -0.4 is 0 Å². The van der Waals surface area contributed by atoms with Crippen LogP contribution in [0.15, 0.2) is 12.1 Å². The molecule has 0 unspecified atom stereocenters. The molecule has 0 aliphatic rings. The average molecular weight is 261 g/mol. The van der Waals surface area contributed by atoms with Crippen LogP contribution in [-0.2, 0) is 6.54 Å². The Kier molecular flexibility index (Phi) is 5.61. The average Bonchev–Trinajstić information content (AvgIpc) is 2.27. The fourth-order valence-corrected chi connectivity index (χ4v) is 2.60. The second-order valence-corrected chi connectivity index (χ2v) is 6.88. The Balaban J connectivity index is 3.46. The number of rotatable bonds is 5. The predicted octanol–water partition coefficient (Wildman–Crippen LogP) is 5.12. The monoisotopic (exact) mass is 261 g/mol. The third kappa shape index (κ3) is 4.07. The lowest BCUT2D eigenvalue weighted by atomic mass is 9.84. The van der Waals surface area contributed by atoms with E-state index in [9.17, 15) is 0 Å². The zero-order valence-corrected chi connectivity index (χ0v) is 14.0. The molecular weight excluding hydrogens is 230 g/mol. The summed E-state index contributed by atoms with van der Waals surface area (Å²) < 4.78 is 0. The first-order chi connectivity index (χ1) is 8.73. The van der Waals surface area contributed by atoms with Crippen molar-refractivity contribution in [3.05, 3.63) is 34.4 Å². The van der Waals surface area contributed by atoms with Gasteiger partial charge in [0, 0.05) is 6.54 Å². The van der Waals surface area contributed by atoms with E-state index in [1.54, 1.807) is 5.56 Å². The topological polar surface area (TPSA) is 3.24 Å². The molecule has 0 aromatic heterocycles. The van der Waals surface area contributed by atoms with Gasteiger partial charge in [-0.2, -0.15) is 0 Å². The summed E-state index contributed by atoms with van der Waals surface area (Å²) in [7, 11) is 4.31. The molecular formula is C18H31N. The zero-order chi connectivity index (χ0) is 14.7. The van der Waals surface area contributed by atoms with Gasteiger partial charge < -0.3 is 4.90 Å². The minimum absolute atomic E-state index is 0.589. The van der Waals surface area contributed by atoms with E-state index in [2.05, 4.69) is 72.7 Å². The Bertz CT molecular complexity index is 385. The summed E-state index contributed by atoms with van der Waals surface area (Å²) in [6.45, 7) is 14.8. The number of hydrogen-bond donors (Lipinski definition) is 0.